The van der Waals surface area contributed by atoms with Gasteiger partial charge in [-0.1, -0.05) is 35.9 Å². The van der Waals surface area contributed by atoms with E-state index in [1.165, 1.54) is 29.2 Å². The largest absolute Gasteiger partial charge is 0.274 e. The molecule has 0 spiro atoms. The number of rotatable bonds is 5. The van der Waals surface area contributed by atoms with Gasteiger partial charge in [0.05, 0.1) is 16.4 Å². The van der Waals surface area contributed by atoms with Crippen LogP contribution in [0.3, 0.4) is 0 Å². The van der Waals surface area contributed by atoms with E-state index in [1.807, 2.05) is 29.6 Å². The predicted molar refractivity (Wildman–Crippen MR) is 102 cm³/mol. The van der Waals surface area contributed by atoms with E-state index in [2.05, 4.69) is 4.98 Å². The maximum atomic E-state index is 14.1. The Bertz CT molecular complexity index is 900. The summed E-state index contributed by atoms with van der Waals surface area (Å²) in [5, 5.41) is 3.02. The van der Waals surface area contributed by atoms with Gasteiger partial charge in [0.2, 0.25) is 5.91 Å². The Morgan fingerprint density at radius 3 is 2.68 bits per heavy atom. The molecule has 1 amide bonds. The summed E-state index contributed by atoms with van der Waals surface area (Å²) in [6.45, 7) is 1.39. The van der Waals surface area contributed by atoms with E-state index in [0.717, 1.165) is 10.6 Å². The maximum Gasteiger partial charge on any atom is 0.230 e. The number of anilines is 2. The van der Waals surface area contributed by atoms with Gasteiger partial charge in [-0.05, 0) is 24.3 Å². The van der Waals surface area contributed by atoms with Gasteiger partial charge in [-0.25, -0.2) is 9.37 Å². The standard InChI is InChI=1S/C18H14ClFN2OS2/c1-12(23)22(16-8-4-3-7-15(16)20)18-21-13(11-25-18)10-24-17-9-5-2-6-14(17)19/h2-9,11H,10H2,1H3. The number of hydrogen-bond acceptors (Lipinski definition) is 4. The van der Waals surface area contributed by atoms with E-state index in [9.17, 15) is 9.18 Å². The van der Waals surface area contributed by atoms with Crippen molar-refractivity contribution < 1.29 is 9.18 Å². The molecule has 7 heteroatoms. The van der Waals surface area contributed by atoms with Gasteiger partial charge in [0.15, 0.2) is 5.13 Å². The second-order valence-electron chi connectivity index (χ2n) is 5.15. The predicted octanol–water partition coefficient (Wildman–Crippen LogP) is 5.91. The molecule has 25 heavy (non-hydrogen) atoms. The molecule has 1 heterocycles. The average molecular weight is 393 g/mol. The molecule has 3 nitrogen and oxygen atoms in total. The zero-order chi connectivity index (χ0) is 17.8. The van der Waals surface area contributed by atoms with Crippen LogP contribution in [0.5, 0.6) is 0 Å². The van der Waals surface area contributed by atoms with E-state index >= 15 is 0 Å². The van der Waals surface area contributed by atoms with E-state index < -0.39 is 5.82 Å². The van der Waals surface area contributed by atoms with Crippen molar-refractivity contribution in [3.05, 3.63) is 70.4 Å². The minimum absolute atomic E-state index is 0.203. The Hall–Kier alpha value is -1.89. The van der Waals surface area contributed by atoms with Gasteiger partial charge in [-0.3, -0.25) is 9.69 Å². The summed E-state index contributed by atoms with van der Waals surface area (Å²) in [6.07, 6.45) is 0. The van der Waals surface area contributed by atoms with Crippen molar-refractivity contribution in [3.8, 4) is 0 Å². The fourth-order valence-electron chi connectivity index (χ4n) is 2.22. The summed E-state index contributed by atoms with van der Waals surface area (Å²) < 4.78 is 14.1. The minimum atomic E-state index is -0.458. The lowest BCUT2D eigenvalue weighted by molar-refractivity contribution is -0.115. The second-order valence-corrected chi connectivity index (χ2v) is 7.41. The Balaban J connectivity index is 1.80. The van der Waals surface area contributed by atoms with E-state index in [4.69, 9.17) is 11.6 Å². The van der Waals surface area contributed by atoms with Gasteiger partial charge < -0.3 is 0 Å². The van der Waals surface area contributed by atoms with Crippen LogP contribution in [0.15, 0.2) is 58.8 Å². The first-order valence-corrected chi connectivity index (χ1v) is 9.67. The second kappa shape index (κ2) is 7.99. The van der Waals surface area contributed by atoms with Crippen molar-refractivity contribution in [1.29, 1.82) is 0 Å². The third-order valence-electron chi connectivity index (χ3n) is 3.35. The third-order valence-corrected chi connectivity index (χ3v) is 5.77. The molecular formula is C18H14ClFN2OS2. The van der Waals surface area contributed by atoms with E-state index in [0.29, 0.717) is 15.9 Å². The molecule has 0 saturated heterocycles. The Kier molecular flexibility index (Phi) is 5.73. The SMILES string of the molecule is CC(=O)N(c1nc(CSc2ccccc2Cl)cs1)c1ccccc1F. The van der Waals surface area contributed by atoms with Crippen LogP contribution in [0.2, 0.25) is 5.02 Å². The molecule has 0 radical (unpaired) electrons. The van der Waals surface area contributed by atoms with Crippen LogP contribution in [0, 0.1) is 5.82 Å². The van der Waals surface area contributed by atoms with Crippen molar-refractivity contribution in [1.82, 2.24) is 4.98 Å². The van der Waals surface area contributed by atoms with Gasteiger partial charge in [-0.2, -0.15) is 0 Å². The first-order valence-electron chi connectivity index (χ1n) is 7.43. The number of thiazole rings is 1. The summed E-state index contributed by atoms with van der Waals surface area (Å²) in [5.74, 6) is -0.131. The molecule has 0 aliphatic carbocycles. The maximum absolute atomic E-state index is 14.1. The van der Waals surface area contributed by atoms with Crippen LogP contribution < -0.4 is 4.90 Å². The van der Waals surface area contributed by atoms with Crippen molar-refractivity contribution >= 4 is 51.4 Å². The molecule has 0 unspecified atom stereocenters. The van der Waals surface area contributed by atoms with Crippen LogP contribution >= 0.6 is 34.7 Å². The summed E-state index contributed by atoms with van der Waals surface area (Å²) in [5.41, 5.74) is 1.02. The zero-order valence-corrected chi connectivity index (χ0v) is 15.7. The smallest absolute Gasteiger partial charge is 0.230 e. The highest BCUT2D eigenvalue weighted by Gasteiger charge is 2.20. The number of hydrogen-bond donors (Lipinski definition) is 0. The van der Waals surface area contributed by atoms with Gasteiger partial charge in [0.25, 0.3) is 0 Å². The molecular weight excluding hydrogens is 379 g/mol. The van der Waals surface area contributed by atoms with Crippen LogP contribution in [0.4, 0.5) is 15.2 Å². The highest BCUT2D eigenvalue weighted by atomic mass is 35.5. The number of carbonyl (C=O) groups is 1. The molecule has 3 rings (SSSR count). The molecule has 1 aromatic heterocycles. The molecule has 2 aromatic carbocycles. The molecule has 0 bridgehead atoms. The zero-order valence-electron chi connectivity index (χ0n) is 13.3. The third kappa shape index (κ3) is 4.21. The lowest BCUT2D eigenvalue weighted by atomic mass is 10.3. The number of para-hydroxylation sites is 1. The molecule has 128 valence electrons. The number of benzene rings is 2. The normalized spacial score (nSPS) is 10.7. The average Bonchev–Trinajstić information content (AvgIpc) is 3.04. The summed E-state index contributed by atoms with van der Waals surface area (Å²) in [6, 6.07) is 13.8. The Labute approximate surface area is 158 Å². The fourth-order valence-corrected chi connectivity index (χ4v) is 4.34. The highest BCUT2D eigenvalue weighted by molar-refractivity contribution is 7.98. The van der Waals surface area contributed by atoms with E-state index in [1.54, 1.807) is 30.0 Å². The van der Waals surface area contributed by atoms with Crippen LogP contribution in [-0.4, -0.2) is 10.9 Å². The molecule has 0 aliphatic rings. The van der Waals surface area contributed by atoms with Crippen LogP contribution in [0.1, 0.15) is 12.6 Å². The first kappa shape index (κ1) is 17.9. The van der Waals surface area contributed by atoms with Crippen molar-refractivity contribution in [2.24, 2.45) is 0 Å². The van der Waals surface area contributed by atoms with Crippen molar-refractivity contribution in [2.45, 2.75) is 17.6 Å². The van der Waals surface area contributed by atoms with Crippen LogP contribution in [0.25, 0.3) is 0 Å². The van der Waals surface area contributed by atoms with E-state index in [-0.39, 0.29) is 11.6 Å². The number of amides is 1. The molecule has 0 aliphatic heterocycles. The monoisotopic (exact) mass is 392 g/mol. The van der Waals surface area contributed by atoms with Gasteiger partial charge in [-0.15, -0.1) is 23.1 Å². The minimum Gasteiger partial charge on any atom is -0.274 e. The lowest BCUT2D eigenvalue weighted by Crippen LogP contribution is -2.23. The molecule has 0 N–H and O–H groups in total. The van der Waals surface area contributed by atoms with Gasteiger partial charge in [0.1, 0.15) is 5.82 Å². The molecule has 0 saturated carbocycles. The number of carbonyl (C=O) groups excluding carboxylic acids is 1. The van der Waals surface area contributed by atoms with Gasteiger partial charge >= 0.3 is 0 Å². The Morgan fingerprint density at radius 2 is 1.96 bits per heavy atom. The number of nitrogens with zero attached hydrogens (tertiary/aromatic N) is 2. The summed E-state index contributed by atoms with van der Waals surface area (Å²) in [4.78, 5) is 18.8. The number of thioether (sulfide) groups is 1. The lowest BCUT2D eigenvalue weighted by Gasteiger charge is -2.18. The Morgan fingerprint density at radius 1 is 1.24 bits per heavy atom. The quantitative estimate of drug-likeness (QED) is 0.506. The first-order chi connectivity index (χ1) is 12.1. The van der Waals surface area contributed by atoms with Crippen molar-refractivity contribution in [2.75, 3.05) is 4.90 Å². The number of halogens is 2. The topological polar surface area (TPSA) is 33.2 Å². The molecule has 0 atom stereocenters. The van der Waals surface area contributed by atoms with Crippen LogP contribution in [-0.2, 0) is 10.5 Å². The molecule has 3 aromatic rings. The summed E-state index contributed by atoms with van der Waals surface area (Å²) in [7, 11) is 0. The van der Waals surface area contributed by atoms with Gasteiger partial charge in [0, 0.05) is 23.0 Å². The number of aromatic nitrogens is 1. The highest BCUT2D eigenvalue weighted by Crippen LogP contribution is 2.34. The fraction of sp³-hybridized carbons (Fsp3) is 0.111. The summed E-state index contributed by atoms with van der Waals surface area (Å²) >= 11 is 9.03. The molecule has 0 fully saturated rings. The van der Waals surface area contributed by atoms with Crippen molar-refractivity contribution in [3.63, 3.8) is 0 Å².